The second kappa shape index (κ2) is 12.8. The Kier molecular flexibility index (Phi) is 10.2. The molecule has 3 N–H and O–H groups in total. The molecule has 2 aromatic rings. The number of urea groups is 2. The lowest BCUT2D eigenvalue weighted by Crippen LogP contribution is -2.34. The highest BCUT2D eigenvalue weighted by molar-refractivity contribution is 7.90. The zero-order chi connectivity index (χ0) is 25.1. The number of unbranched alkanes of at least 4 members (excludes halogenated alkanes) is 1. The zero-order valence-electron chi connectivity index (χ0n) is 18.9. The minimum Gasteiger partial charge on any atom is -0.462 e. The smallest absolute Gasteiger partial charge is 0.338 e. The SMILES string of the molecule is CCN(S)C(=O)NCCCCOC(=O)c1ccc(NC(=O)NS(=O)(=O)c2ccc(C)cc2)cc1. The lowest BCUT2D eigenvalue weighted by Gasteiger charge is -2.13. The van der Waals surface area contributed by atoms with Gasteiger partial charge in [0.05, 0.1) is 17.1 Å². The van der Waals surface area contributed by atoms with Crippen LogP contribution in [0.4, 0.5) is 15.3 Å². The van der Waals surface area contributed by atoms with Gasteiger partial charge in [0.2, 0.25) is 0 Å². The quantitative estimate of drug-likeness (QED) is 0.221. The number of rotatable bonds is 10. The van der Waals surface area contributed by atoms with Crippen LogP contribution in [0.2, 0.25) is 0 Å². The van der Waals surface area contributed by atoms with Crippen LogP contribution < -0.4 is 15.4 Å². The number of hydrogen-bond acceptors (Lipinski definition) is 7. The molecule has 12 heteroatoms. The molecule has 0 aliphatic heterocycles. The van der Waals surface area contributed by atoms with Crippen LogP contribution in [-0.2, 0) is 14.8 Å². The molecule has 0 radical (unpaired) electrons. The van der Waals surface area contributed by atoms with Gasteiger partial charge in [0.25, 0.3) is 10.0 Å². The van der Waals surface area contributed by atoms with Gasteiger partial charge in [-0.1, -0.05) is 30.5 Å². The number of aryl methyl sites for hydroxylation is 1. The van der Waals surface area contributed by atoms with Crippen molar-refractivity contribution in [2.75, 3.05) is 25.0 Å². The maximum absolute atomic E-state index is 12.3. The lowest BCUT2D eigenvalue weighted by molar-refractivity contribution is 0.0498. The number of hydrogen-bond donors (Lipinski definition) is 4. The van der Waals surface area contributed by atoms with Crippen LogP contribution in [0.5, 0.6) is 0 Å². The Labute approximate surface area is 204 Å². The highest BCUT2D eigenvalue weighted by Crippen LogP contribution is 2.13. The number of carbonyl (C=O) groups is 3. The Morgan fingerprint density at radius 1 is 1.00 bits per heavy atom. The summed E-state index contributed by atoms with van der Waals surface area (Å²) in [4.78, 5) is 35.7. The Morgan fingerprint density at radius 3 is 2.26 bits per heavy atom. The zero-order valence-corrected chi connectivity index (χ0v) is 20.6. The Balaban J connectivity index is 1.75. The molecule has 0 bridgehead atoms. The van der Waals surface area contributed by atoms with E-state index in [0.717, 1.165) is 5.56 Å². The first-order valence-electron chi connectivity index (χ1n) is 10.5. The maximum atomic E-state index is 12.3. The Morgan fingerprint density at radius 2 is 1.65 bits per heavy atom. The summed E-state index contributed by atoms with van der Waals surface area (Å²) in [5.41, 5.74) is 1.47. The summed E-state index contributed by atoms with van der Waals surface area (Å²) in [6.07, 6.45) is 1.20. The first-order chi connectivity index (χ1) is 16.1. The Bertz CT molecular complexity index is 1090. The molecule has 0 aliphatic carbocycles. The van der Waals surface area contributed by atoms with E-state index in [1.807, 2.05) is 11.6 Å². The number of anilines is 1. The number of sulfonamides is 1. The molecule has 0 heterocycles. The number of nitrogens with zero attached hydrogens (tertiary/aromatic N) is 1. The van der Waals surface area contributed by atoms with Crippen LogP contribution in [0.3, 0.4) is 0 Å². The van der Waals surface area contributed by atoms with Gasteiger partial charge in [-0.2, -0.15) is 0 Å². The maximum Gasteiger partial charge on any atom is 0.338 e. The van der Waals surface area contributed by atoms with Crippen molar-refractivity contribution in [2.45, 2.75) is 31.6 Å². The van der Waals surface area contributed by atoms with Gasteiger partial charge < -0.3 is 15.4 Å². The molecule has 0 saturated carbocycles. The molecule has 2 aromatic carbocycles. The second-order valence-electron chi connectivity index (χ2n) is 7.24. The largest absolute Gasteiger partial charge is 0.462 e. The third-order valence-corrected chi connectivity index (χ3v) is 6.36. The van der Waals surface area contributed by atoms with Crippen LogP contribution in [0.1, 0.15) is 35.7 Å². The van der Waals surface area contributed by atoms with E-state index in [1.54, 1.807) is 19.1 Å². The predicted octanol–water partition coefficient (Wildman–Crippen LogP) is 3.32. The highest BCUT2D eigenvalue weighted by Gasteiger charge is 2.17. The highest BCUT2D eigenvalue weighted by atomic mass is 32.2. The van der Waals surface area contributed by atoms with Crippen molar-refractivity contribution in [2.24, 2.45) is 0 Å². The third kappa shape index (κ3) is 8.60. The number of benzene rings is 2. The fourth-order valence-corrected chi connectivity index (χ4v) is 3.63. The van der Waals surface area contributed by atoms with E-state index >= 15 is 0 Å². The first-order valence-corrected chi connectivity index (χ1v) is 12.4. The molecule has 0 unspecified atom stereocenters. The summed E-state index contributed by atoms with van der Waals surface area (Å²) in [5, 5.41) is 5.10. The van der Waals surface area contributed by atoms with Gasteiger partial charge in [-0.15, -0.1) is 0 Å². The monoisotopic (exact) mass is 508 g/mol. The fraction of sp³-hybridized carbons (Fsp3) is 0.318. The first kappa shape index (κ1) is 27.0. The third-order valence-electron chi connectivity index (χ3n) is 4.55. The number of carbonyl (C=O) groups excluding carboxylic acids is 3. The van der Waals surface area contributed by atoms with E-state index in [1.165, 1.54) is 40.7 Å². The molecule has 4 amide bonds. The van der Waals surface area contributed by atoms with Crippen LogP contribution in [0.15, 0.2) is 53.4 Å². The van der Waals surface area contributed by atoms with Crippen molar-refractivity contribution >= 4 is 46.6 Å². The molecule has 0 spiro atoms. The summed E-state index contributed by atoms with van der Waals surface area (Å²) in [6.45, 7) is 4.74. The molecule has 2 rings (SSSR count). The molecular weight excluding hydrogens is 480 g/mol. The number of nitrogens with one attached hydrogen (secondary N) is 3. The van der Waals surface area contributed by atoms with Crippen molar-refractivity contribution < 1.29 is 27.5 Å². The molecule has 184 valence electrons. The van der Waals surface area contributed by atoms with Crippen molar-refractivity contribution in [3.8, 4) is 0 Å². The number of thiol groups is 1. The summed E-state index contributed by atoms with van der Waals surface area (Å²) in [6, 6.07) is 10.7. The number of ether oxygens (including phenoxy) is 1. The predicted molar refractivity (Wildman–Crippen MR) is 131 cm³/mol. The van der Waals surface area contributed by atoms with Crippen molar-refractivity contribution in [3.63, 3.8) is 0 Å². The van der Waals surface area contributed by atoms with Crippen molar-refractivity contribution in [1.82, 2.24) is 14.3 Å². The number of amides is 4. The molecule has 34 heavy (non-hydrogen) atoms. The van der Waals surface area contributed by atoms with Crippen LogP contribution in [-0.4, -0.2) is 50.5 Å². The topological polar surface area (TPSA) is 134 Å². The summed E-state index contributed by atoms with van der Waals surface area (Å²) < 4.78 is 32.9. The average Bonchev–Trinajstić information content (AvgIpc) is 2.80. The Hall–Kier alpha value is -3.25. The number of esters is 1. The van der Waals surface area contributed by atoms with Gasteiger partial charge in [0.1, 0.15) is 0 Å². The molecule has 0 atom stereocenters. The van der Waals surface area contributed by atoms with Gasteiger partial charge in [-0.3, -0.25) is 4.31 Å². The summed E-state index contributed by atoms with van der Waals surface area (Å²) >= 11 is 4.00. The molecule has 0 aromatic heterocycles. The van der Waals surface area contributed by atoms with E-state index in [-0.39, 0.29) is 23.1 Å². The molecule has 0 saturated heterocycles. The van der Waals surface area contributed by atoms with Gasteiger partial charge >= 0.3 is 18.0 Å². The van der Waals surface area contributed by atoms with E-state index in [2.05, 4.69) is 23.4 Å². The average molecular weight is 509 g/mol. The summed E-state index contributed by atoms with van der Waals surface area (Å²) in [5.74, 6) is -0.533. The van der Waals surface area contributed by atoms with Crippen molar-refractivity contribution in [3.05, 3.63) is 59.7 Å². The minimum atomic E-state index is -4.01. The standard InChI is InChI=1S/C22H28N4O6S2/c1-3-26(33)22(29)23-14-4-5-15-32-20(27)17-8-10-18(11-9-17)24-21(28)25-34(30,31)19-12-6-16(2)7-13-19/h6-13,33H,3-5,14-15H2,1-2H3,(H,23,29)(H2,24,25,28). The molecule has 0 fully saturated rings. The van der Waals surface area contributed by atoms with E-state index in [4.69, 9.17) is 4.74 Å². The fourth-order valence-electron chi connectivity index (χ4n) is 2.65. The lowest BCUT2D eigenvalue weighted by atomic mass is 10.2. The van der Waals surface area contributed by atoms with Crippen LogP contribution in [0.25, 0.3) is 0 Å². The molecular formula is C22H28N4O6S2. The van der Waals surface area contributed by atoms with Crippen LogP contribution >= 0.6 is 12.8 Å². The van der Waals surface area contributed by atoms with E-state index in [9.17, 15) is 22.8 Å². The van der Waals surface area contributed by atoms with Crippen molar-refractivity contribution in [1.29, 1.82) is 0 Å². The van der Waals surface area contributed by atoms with Gasteiger partial charge in [0, 0.05) is 18.8 Å². The second-order valence-corrected chi connectivity index (χ2v) is 9.41. The van der Waals surface area contributed by atoms with Gasteiger partial charge in [-0.05, 0) is 63.1 Å². The normalized spacial score (nSPS) is 10.8. The van der Waals surface area contributed by atoms with E-state index in [0.29, 0.717) is 31.6 Å². The van der Waals surface area contributed by atoms with Gasteiger partial charge in [-0.25, -0.2) is 27.5 Å². The van der Waals surface area contributed by atoms with Crippen LogP contribution in [0, 0.1) is 6.92 Å². The molecule has 0 aliphatic rings. The summed E-state index contributed by atoms with van der Waals surface area (Å²) in [7, 11) is -4.01. The minimum absolute atomic E-state index is 0.0293. The van der Waals surface area contributed by atoms with Gasteiger partial charge in [0.15, 0.2) is 0 Å². The van der Waals surface area contributed by atoms with E-state index < -0.39 is 22.0 Å². The molecule has 10 nitrogen and oxygen atoms in total.